The van der Waals surface area contributed by atoms with Crippen molar-refractivity contribution in [1.82, 2.24) is 10.3 Å². The largest absolute Gasteiger partial charge is 0.308 e. The van der Waals surface area contributed by atoms with Gasteiger partial charge in [-0.15, -0.1) is 11.3 Å². The van der Waals surface area contributed by atoms with Crippen LogP contribution in [-0.2, 0) is 13.0 Å². The summed E-state index contributed by atoms with van der Waals surface area (Å²) in [5.41, 5.74) is 0.757. The maximum atomic E-state index is 13.5. The fourth-order valence-electron chi connectivity index (χ4n) is 1.81. The predicted molar refractivity (Wildman–Crippen MR) is 73.3 cm³/mol. The topological polar surface area (TPSA) is 24.9 Å². The van der Waals surface area contributed by atoms with E-state index >= 15 is 0 Å². The van der Waals surface area contributed by atoms with Gasteiger partial charge in [-0.05, 0) is 31.9 Å². The van der Waals surface area contributed by atoms with Crippen LogP contribution in [-0.4, -0.2) is 11.0 Å². The summed E-state index contributed by atoms with van der Waals surface area (Å²) in [5, 5.41) is 4.45. The van der Waals surface area contributed by atoms with E-state index in [0.29, 0.717) is 6.42 Å². The molecule has 0 unspecified atom stereocenters. The SMILES string of the molecule is Cc1cnc(CN[C@H](C)Cc2ccccc2F)s1. The van der Waals surface area contributed by atoms with E-state index in [4.69, 9.17) is 0 Å². The summed E-state index contributed by atoms with van der Waals surface area (Å²) < 4.78 is 13.5. The van der Waals surface area contributed by atoms with Crippen LogP contribution in [0.2, 0.25) is 0 Å². The maximum Gasteiger partial charge on any atom is 0.126 e. The first-order valence-corrected chi connectivity index (χ1v) is 6.85. The van der Waals surface area contributed by atoms with Gasteiger partial charge in [-0.2, -0.15) is 0 Å². The van der Waals surface area contributed by atoms with E-state index in [1.807, 2.05) is 25.3 Å². The van der Waals surface area contributed by atoms with Crippen LogP contribution in [0.4, 0.5) is 4.39 Å². The molecule has 0 amide bonds. The fourth-order valence-corrected chi connectivity index (χ4v) is 2.55. The molecule has 0 spiro atoms. The minimum Gasteiger partial charge on any atom is -0.308 e. The van der Waals surface area contributed by atoms with Crippen molar-refractivity contribution >= 4 is 11.3 Å². The molecule has 2 nitrogen and oxygen atoms in total. The summed E-state index contributed by atoms with van der Waals surface area (Å²) in [4.78, 5) is 5.51. The molecule has 4 heteroatoms. The number of benzene rings is 1. The third kappa shape index (κ3) is 3.62. The zero-order valence-electron chi connectivity index (χ0n) is 10.6. The zero-order valence-corrected chi connectivity index (χ0v) is 11.4. The summed E-state index contributed by atoms with van der Waals surface area (Å²) in [6.45, 7) is 4.85. The monoisotopic (exact) mass is 264 g/mol. The zero-order chi connectivity index (χ0) is 13.0. The maximum absolute atomic E-state index is 13.5. The summed E-state index contributed by atoms with van der Waals surface area (Å²) >= 11 is 1.69. The van der Waals surface area contributed by atoms with E-state index in [2.05, 4.69) is 17.2 Å². The number of hydrogen-bond donors (Lipinski definition) is 1. The molecule has 0 aliphatic heterocycles. The van der Waals surface area contributed by atoms with Crippen LogP contribution < -0.4 is 5.32 Å². The molecule has 1 atom stereocenters. The lowest BCUT2D eigenvalue weighted by Gasteiger charge is -2.13. The smallest absolute Gasteiger partial charge is 0.126 e. The molecule has 0 saturated heterocycles. The van der Waals surface area contributed by atoms with Gasteiger partial charge < -0.3 is 5.32 Å². The predicted octanol–water partition coefficient (Wildman–Crippen LogP) is 3.31. The number of aryl methyl sites for hydroxylation is 1. The van der Waals surface area contributed by atoms with Crippen LogP contribution in [0.25, 0.3) is 0 Å². The Morgan fingerprint density at radius 1 is 1.39 bits per heavy atom. The van der Waals surface area contributed by atoms with Crippen molar-refractivity contribution in [3.63, 3.8) is 0 Å². The number of aromatic nitrogens is 1. The van der Waals surface area contributed by atoms with Crippen LogP contribution in [0.1, 0.15) is 22.4 Å². The van der Waals surface area contributed by atoms with E-state index in [1.165, 1.54) is 10.9 Å². The Kier molecular flexibility index (Phi) is 4.44. The first-order valence-electron chi connectivity index (χ1n) is 6.03. The van der Waals surface area contributed by atoms with Gasteiger partial charge >= 0.3 is 0 Å². The number of halogens is 1. The standard InChI is InChI=1S/C14H17FN2S/c1-10(7-12-5-3-4-6-13(12)15)16-9-14-17-8-11(2)18-14/h3-6,8,10,16H,7,9H2,1-2H3/t10-/m1/s1. The summed E-state index contributed by atoms with van der Waals surface area (Å²) in [6.07, 6.45) is 2.57. The second-order valence-corrected chi connectivity index (χ2v) is 5.76. The van der Waals surface area contributed by atoms with Gasteiger partial charge in [0, 0.05) is 23.7 Å². The van der Waals surface area contributed by atoms with Gasteiger partial charge in [-0.3, -0.25) is 0 Å². The minimum atomic E-state index is -0.128. The normalized spacial score (nSPS) is 12.6. The van der Waals surface area contributed by atoms with Crippen molar-refractivity contribution in [3.05, 3.63) is 51.7 Å². The van der Waals surface area contributed by atoms with Gasteiger partial charge in [0.2, 0.25) is 0 Å². The molecule has 18 heavy (non-hydrogen) atoms. The number of nitrogens with zero attached hydrogens (tertiary/aromatic N) is 1. The molecule has 1 aromatic heterocycles. The van der Waals surface area contributed by atoms with Gasteiger partial charge in [0.05, 0.1) is 0 Å². The quantitative estimate of drug-likeness (QED) is 0.896. The number of nitrogens with one attached hydrogen (secondary N) is 1. The first kappa shape index (κ1) is 13.2. The van der Waals surface area contributed by atoms with Crippen molar-refractivity contribution < 1.29 is 4.39 Å². The van der Waals surface area contributed by atoms with Crippen molar-refractivity contribution in [2.75, 3.05) is 0 Å². The summed E-state index contributed by atoms with van der Waals surface area (Å²) in [6, 6.07) is 7.16. The Hall–Kier alpha value is -1.26. The highest BCUT2D eigenvalue weighted by atomic mass is 32.1. The molecule has 0 aliphatic rings. The third-order valence-corrected chi connectivity index (χ3v) is 3.67. The fraction of sp³-hybridized carbons (Fsp3) is 0.357. The van der Waals surface area contributed by atoms with Gasteiger partial charge in [-0.1, -0.05) is 18.2 Å². The first-order chi connectivity index (χ1) is 8.65. The number of rotatable bonds is 5. The number of hydrogen-bond acceptors (Lipinski definition) is 3. The Labute approximate surface area is 111 Å². The van der Waals surface area contributed by atoms with E-state index in [1.54, 1.807) is 17.4 Å². The lowest BCUT2D eigenvalue weighted by Crippen LogP contribution is -2.27. The molecule has 0 aliphatic carbocycles. The molecule has 0 fully saturated rings. The second kappa shape index (κ2) is 6.07. The third-order valence-electron chi connectivity index (χ3n) is 2.75. The van der Waals surface area contributed by atoms with Crippen LogP contribution in [0.5, 0.6) is 0 Å². The Bertz CT molecular complexity index is 510. The molecular formula is C14H17FN2S. The van der Waals surface area contributed by atoms with Crippen molar-refractivity contribution in [2.24, 2.45) is 0 Å². The van der Waals surface area contributed by atoms with E-state index in [0.717, 1.165) is 17.1 Å². The lowest BCUT2D eigenvalue weighted by molar-refractivity contribution is 0.525. The molecule has 1 N–H and O–H groups in total. The van der Waals surface area contributed by atoms with Crippen LogP contribution in [0, 0.1) is 12.7 Å². The van der Waals surface area contributed by atoms with Crippen LogP contribution >= 0.6 is 11.3 Å². The average molecular weight is 264 g/mol. The molecular weight excluding hydrogens is 247 g/mol. The Morgan fingerprint density at radius 3 is 2.83 bits per heavy atom. The lowest BCUT2D eigenvalue weighted by atomic mass is 10.1. The Balaban J connectivity index is 1.85. The van der Waals surface area contributed by atoms with E-state index in [-0.39, 0.29) is 11.9 Å². The molecule has 96 valence electrons. The van der Waals surface area contributed by atoms with Gasteiger partial charge in [0.25, 0.3) is 0 Å². The average Bonchev–Trinajstić information content (AvgIpc) is 2.76. The molecule has 0 bridgehead atoms. The highest BCUT2D eigenvalue weighted by Crippen LogP contribution is 2.12. The summed E-state index contributed by atoms with van der Waals surface area (Å²) in [7, 11) is 0. The second-order valence-electron chi connectivity index (χ2n) is 4.44. The molecule has 2 aromatic rings. The van der Waals surface area contributed by atoms with E-state index in [9.17, 15) is 4.39 Å². The van der Waals surface area contributed by atoms with Crippen LogP contribution in [0.15, 0.2) is 30.5 Å². The molecule has 0 saturated carbocycles. The van der Waals surface area contributed by atoms with Crippen LogP contribution in [0.3, 0.4) is 0 Å². The molecule has 2 rings (SSSR count). The van der Waals surface area contributed by atoms with Gasteiger partial charge in [-0.25, -0.2) is 9.37 Å². The van der Waals surface area contributed by atoms with Gasteiger partial charge in [0.15, 0.2) is 0 Å². The van der Waals surface area contributed by atoms with E-state index < -0.39 is 0 Å². The number of thiazole rings is 1. The van der Waals surface area contributed by atoms with Crippen molar-refractivity contribution in [2.45, 2.75) is 32.9 Å². The highest BCUT2D eigenvalue weighted by molar-refractivity contribution is 7.11. The summed E-state index contributed by atoms with van der Waals surface area (Å²) in [5.74, 6) is -0.128. The highest BCUT2D eigenvalue weighted by Gasteiger charge is 2.07. The van der Waals surface area contributed by atoms with Crippen molar-refractivity contribution in [3.8, 4) is 0 Å². The molecule has 0 radical (unpaired) electrons. The Morgan fingerprint density at radius 2 is 2.17 bits per heavy atom. The molecule has 1 heterocycles. The van der Waals surface area contributed by atoms with Crippen molar-refractivity contribution in [1.29, 1.82) is 0 Å². The minimum absolute atomic E-state index is 0.128. The molecule has 1 aromatic carbocycles. The van der Waals surface area contributed by atoms with Gasteiger partial charge in [0.1, 0.15) is 10.8 Å².